The second-order valence-corrected chi connectivity index (χ2v) is 9.15. The molecule has 0 bridgehead atoms. The van der Waals surface area contributed by atoms with Gasteiger partial charge in [-0.2, -0.15) is 15.0 Å². The Labute approximate surface area is 224 Å². The molecule has 200 valence electrons. The molecule has 2 heterocycles. The third kappa shape index (κ3) is 7.20. The first-order chi connectivity index (χ1) is 17.6. The van der Waals surface area contributed by atoms with Gasteiger partial charge in [0.1, 0.15) is 11.6 Å². The van der Waals surface area contributed by atoms with E-state index in [1.807, 2.05) is 13.8 Å². The van der Waals surface area contributed by atoms with Crippen LogP contribution in [-0.2, 0) is 9.53 Å². The van der Waals surface area contributed by atoms with Crippen molar-refractivity contribution in [2.75, 3.05) is 28.6 Å². The normalized spacial score (nSPS) is 15.3. The van der Waals surface area contributed by atoms with E-state index in [1.54, 1.807) is 13.8 Å². The first kappa shape index (κ1) is 28.4. The van der Waals surface area contributed by atoms with E-state index in [-0.39, 0.29) is 33.6 Å². The molecule has 2 aromatic rings. The Morgan fingerprint density at radius 2 is 1.68 bits per heavy atom. The van der Waals surface area contributed by atoms with E-state index in [1.165, 1.54) is 6.07 Å². The minimum Gasteiger partial charge on any atom is -0.489 e. The molecule has 2 fully saturated rings. The highest BCUT2D eigenvalue weighted by Gasteiger charge is 2.40. The van der Waals surface area contributed by atoms with Gasteiger partial charge in [0.15, 0.2) is 5.76 Å². The maximum absolute atomic E-state index is 14.3. The molecule has 1 saturated carbocycles. The zero-order chi connectivity index (χ0) is 27.1. The summed E-state index contributed by atoms with van der Waals surface area (Å²) < 4.78 is 25.1. The minimum atomic E-state index is -0.941. The lowest BCUT2D eigenvalue weighted by Gasteiger charge is -2.18. The molecule has 1 saturated heterocycles. The Balaban J connectivity index is 0.000000248. The lowest BCUT2D eigenvalue weighted by atomic mass is 10.2. The lowest BCUT2D eigenvalue weighted by Crippen LogP contribution is -2.29. The fourth-order valence-corrected chi connectivity index (χ4v) is 4.03. The highest BCUT2D eigenvalue weighted by Crippen LogP contribution is 2.37. The number of allylic oxidation sites excluding steroid dienone is 1. The average molecular weight is 555 g/mol. The molecule has 37 heavy (non-hydrogen) atoms. The topological polar surface area (TPSA) is 119 Å². The number of benzene rings is 1. The molecule has 2 N–H and O–H groups in total. The van der Waals surface area contributed by atoms with E-state index in [0.717, 1.165) is 44.8 Å². The van der Waals surface area contributed by atoms with Gasteiger partial charge in [0.25, 0.3) is 0 Å². The molecule has 0 atom stereocenters. The molecule has 10 nitrogen and oxygen atoms in total. The SMILES string of the molecule is CC(C)=C1OC(=O)N(c2cc(OC3CCCC3)c(Cl)cc2F)C1=O.CCNc1nc(Cl)nc(NCC)n1. The molecule has 4 rings (SSSR count). The van der Waals surface area contributed by atoms with Crippen molar-refractivity contribution in [3.05, 3.63) is 39.6 Å². The van der Waals surface area contributed by atoms with Crippen LogP contribution in [-0.4, -0.2) is 46.1 Å². The van der Waals surface area contributed by atoms with Crippen molar-refractivity contribution in [2.45, 2.75) is 59.5 Å². The third-order valence-electron chi connectivity index (χ3n) is 5.34. The Kier molecular flexibility index (Phi) is 9.87. The van der Waals surface area contributed by atoms with Crippen LogP contribution in [0.3, 0.4) is 0 Å². The number of ether oxygens (including phenoxy) is 2. The van der Waals surface area contributed by atoms with E-state index < -0.39 is 17.8 Å². The summed E-state index contributed by atoms with van der Waals surface area (Å²) in [6.07, 6.45) is 3.00. The third-order valence-corrected chi connectivity index (χ3v) is 5.80. The number of rotatable bonds is 7. The highest BCUT2D eigenvalue weighted by atomic mass is 35.5. The number of cyclic esters (lactones) is 1. The van der Waals surface area contributed by atoms with Gasteiger partial charge in [-0.3, -0.25) is 4.79 Å². The molecule has 1 aromatic carbocycles. The van der Waals surface area contributed by atoms with Crippen LogP contribution in [0.25, 0.3) is 0 Å². The first-order valence-electron chi connectivity index (χ1n) is 11.9. The monoisotopic (exact) mass is 554 g/mol. The molecule has 2 aliphatic rings. The molecule has 1 aromatic heterocycles. The predicted molar refractivity (Wildman–Crippen MR) is 140 cm³/mol. The van der Waals surface area contributed by atoms with Crippen molar-refractivity contribution >= 4 is 52.8 Å². The Morgan fingerprint density at radius 3 is 2.19 bits per heavy atom. The van der Waals surface area contributed by atoms with Gasteiger partial charge in [0.05, 0.1) is 16.8 Å². The summed E-state index contributed by atoms with van der Waals surface area (Å²) in [6.45, 7) is 8.71. The number of carbonyl (C=O) groups excluding carboxylic acids is 2. The number of carbonyl (C=O) groups is 2. The fourth-order valence-electron chi connectivity index (χ4n) is 3.67. The summed E-state index contributed by atoms with van der Waals surface area (Å²) in [5.74, 6) is -0.331. The van der Waals surface area contributed by atoms with Gasteiger partial charge in [-0.15, -0.1) is 0 Å². The van der Waals surface area contributed by atoms with E-state index in [9.17, 15) is 14.0 Å². The number of halogens is 3. The minimum absolute atomic E-state index is 0.00962. The van der Waals surface area contributed by atoms with Crippen molar-refractivity contribution in [1.29, 1.82) is 0 Å². The standard InChI is InChI=1S/C17H17ClFNO4.C7H12ClN5/c1-9(2)15-16(21)20(17(22)24-15)13-8-14(11(18)7-12(13)19)23-10-5-3-4-6-10;1-3-9-6-11-5(8)12-7(13-6)10-4-2/h7-8,10H,3-6H2,1-2H3;3-4H2,1-2H3,(H2,9,10,11,12,13). The zero-order valence-electron chi connectivity index (χ0n) is 21.0. The smallest absolute Gasteiger partial charge is 0.427 e. The molecule has 0 radical (unpaired) electrons. The Morgan fingerprint density at radius 1 is 1.08 bits per heavy atom. The molecular formula is C24H29Cl2FN6O4. The number of hydrogen-bond acceptors (Lipinski definition) is 9. The van der Waals surface area contributed by atoms with Crippen LogP contribution < -0.4 is 20.3 Å². The molecule has 13 heteroatoms. The van der Waals surface area contributed by atoms with Gasteiger partial charge in [-0.1, -0.05) is 11.6 Å². The van der Waals surface area contributed by atoms with Crippen LogP contribution in [0.15, 0.2) is 23.5 Å². The molecular weight excluding hydrogens is 526 g/mol. The van der Waals surface area contributed by atoms with Crippen molar-refractivity contribution in [1.82, 2.24) is 15.0 Å². The maximum atomic E-state index is 14.3. The summed E-state index contributed by atoms with van der Waals surface area (Å²) >= 11 is 11.7. The molecule has 0 spiro atoms. The molecule has 2 amide bonds. The molecule has 0 unspecified atom stereocenters. The van der Waals surface area contributed by atoms with Gasteiger partial charge in [0, 0.05) is 19.2 Å². The summed E-state index contributed by atoms with van der Waals surface area (Å²) in [6, 6.07) is 2.32. The Hall–Kier alpha value is -3.18. The van der Waals surface area contributed by atoms with E-state index >= 15 is 0 Å². The van der Waals surface area contributed by atoms with Crippen molar-refractivity contribution in [2.24, 2.45) is 0 Å². The number of nitrogens with one attached hydrogen (secondary N) is 2. The van der Waals surface area contributed by atoms with Crippen molar-refractivity contribution in [3.63, 3.8) is 0 Å². The van der Waals surface area contributed by atoms with Crippen LogP contribution in [0, 0.1) is 5.82 Å². The summed E-state index contributed by atoms with van der Waals surface area (Å²) in [7, 11) is 0. The van der Waals surface area contributed by atoms with Crippen molar-refractivity contribution < 1.29 is 23.5 Å². The quantitative estimate of drug-likeness (QED) is 0.399. The van der Waals surface area contributed by atoms with Crippen molar-refractivity contribution in [3.8, 4) is 5.75 Å². The largest absolute Gasteiger partial charge is 0.489 e. The second kappa shape index (κ2) is 12.9. The number of hydrogen-bond donors (Lipinski definition) is 2. The molecule has 1 aliphatic heterocycles. The first-order valence-corrected chi connectivity index (χ1v) is 12.7. The lowest BCUT2D eigenvalue weighted by molar-refractivity contribution is -0.114. The average Bonchev–Trinajstić information content (AvgIpc) is 3.44. The number of aromatic nitrogens is 3. The fraction of sp³-hybridized carbons (Fsp3) is 0.458. The number of imide groups is 1. The van der Waals surface area contributed by atoms with Crippen LogP contribution in [0.2, 0.25) is 10.3 Å². The second-order valence-electron chi connectivity index (χ2n) is 8.41. The van der Waals surface area contributed by atoms with Gasteiger partial charge >= 0.3 is 12.0 Å². The van der Waals surface area contributed by atoms with Gasteiger partial charge in [-0.25, -0.2) is 14.1 Å². The van der Waals surface area contributed by atoms with E-state index in [2.05, 4.69) is 25.6 Å². The van der Waals surface area contributed by atoms with Gasteiger partial charge in [-0.05, 0) is 76.6 Å². The number of anilines is 3. The maximum Gasteiger partial charge on any atom is 0.427 e. The Bertz CT molecular complexity index is 1160. The van der Waals surface area contributed by atoms with Gasteiger partial charge in [0.2, 0.25) is 17.2 Å². The highest BCUT2D eigenvalue weighted by molar-refractivity contribution is 6.32. The summed E-state index contributed by atoms with van der Waals surface area (Å²) in [5, 5.41) is 6.22. The van der Waals surface area contributed by atoms with Crippen LogP contribution in [0.1, 0.15) is 53.4 Å². The van der Waals surface area contributed by atoms with Crippen LogP contribution in [0.4, 0.5) is 26.8 Å². The van der Waals surface area contributed by atoms with Gasteiger partial charge < -0.3 is 20.1 Å². The van der Waals surface area contributed by atoms with E-state index in [4.69, 9.17) is 32.7 Å². The summed E-state index contributed by atoms with van der Waals surface area (Å²) in [5.41, 5.74) is 0.311. The van der Waals surface area contributed by atoms with E-state index in [0.29, 0.717) is 22.4 Å². The molecule has 1 aliphatic carbocycles. The summed E-state index contributed by atoms with van der Waals surface area (Å²) in [4.78, 5) is 36.9. The van der Waals surface area contributed by atoms with Crippen LogP contribution in [0.5, 0.6) is 5.75 Å². The predicted octanol–water partition coefficient (Wildman–Crippen LogP) is 5.97. The van der Waals surface area contributed by atoms with Crippen LogP contribution >= 0.6 is 23.2 Å². The zero-order valence-corrected chi connectivity index (χ0v) is 22.5. The number of nitrogens with zero attached hydrogens (tertiary/aromatic N) is 4. The number of amides is 2.